The van der Waals surface area contributed by atoms with E-state index in [9.17, 15) is 14.7 Å². The number of allylic oxidation sites excluding steroid dienone is 1. The molecular weight excluding hydrogens is 352 g/mol. The molecule has 152 valence electrons. The van der Waals surface area contributed by atoms with Crippen LogP contribution in [0.5, 0.6) is 0 Å². The van der Waals surface area contributed by atoms with Crippen LogP contribution in [0.2, 0.25) is 0 Å². The van der Waals surface area contributed by atoms with E-state index in [1.54, 1.807) is 6.08 Å². The van der Waals surface area contributed by atoms with E-state index in [0.29, 0.717) is 48.2 Å². The Morgan fingerprint density at radius 1 is 1.14 bits per heavy atom. The van der Waals surface area contributed by atoms with Gasteiger partial charge in [-0.1, -0.05) is 12.5 Å². The molecule has 28 heavy (non-hydrogen) atoms. The minimum absolute atomic E-state index is 0.237. The van der Waals surface area contributed by atoms with Crippen LogP contribution in [0.3, 0.4) is 0 Å². The van der Waals surface area contributed by atoms with Gasteiger partial charge < -0.3 is 10.2 Å². The number of carbonyl (C=O) groups is 2. The number of carboxylic acids is 1. The third-order valence-corrected chi connectivity index (χ3v) is 9.34. The monoisotopic (exact) mass is 384 g/mol. The van der Waals surface area contributed by atoms with Crippen molar-refractivity contribution in [3.63, 3.8) is 0 Å². The molecule has 0 amide bonds. The van der Waals surface area contributed by atoms with Crippen LogP contribution in [0.25, 0.3) is 0 Å². The molecule has 0 aliphatic heterocycles. The molecule has 4 heteroatoms. The zero-order valence-electron chi connectivity index (χ0n) is 16.8. The number of carboxylic acid groups (broad SMARTS) is 1. The first-order chi connectivity index (χ1) is 13.3. The van der Waals surface area contributed by atoms with Gasteiger partial charge in [0, 0.05) is 17.9 Å². The molecular formula is C24H32O4. The maximum Gasteiger partial charge on any atom is 0.328 e. The first-order valence-electron chi connectivity index (χ1n) is 11.2. The van der Waals surface area contributed by atoms with Gasteiger partial charge in [0.25, 0.3) is 0 Å². The Balaban J connectivity index is 1.50. The fourth-order valence-electron chi connectivity index (χ4n) is 7.83. The van der Waals surface area contributed by atoms with Crippen LogP contribution in [0.1, 0.15) is 64.7 Å². The Morgan fingerprint density at radius 3 is 2.64 bits per heavy atom. The van der Waals surface area contributed by atoms with Crippen molar-refractivity contribution in [1.29, 1.82) is 0 Å². The molecule has 4 saturated carbocycles. The summed E-state index contributed by atoms with van der Waals surface area (Å²) >= 11 is 0. The van der Waals surface area contributed by atoms with Crippen LogP contribution in [-0.2, 0) is 9.59 Å². The highest BCUT2D eigenvalue weighted by molar-refractivity contribution is 5.91. The molecule has 0 radical (unpaired) electrons. The minimum Gasteiger partial charge on any atom is -0.478 e. The predicted molar refractivity (Wildman–Crippen MR) is 105 cm³/mol. The molecule has 0 aromatic heterocycles. The molecule has 4 nitrogen and oxygen atoms in total. The van der Waals surface area contributed by atoms with Crippen LogP contribution >= 0.6 is 0 Å². The van der Waals surface area contributed by atoms with Crippen LogP contribution in [0.15, 0.2) is 23.8 Å². The fourth-order valence-corrected chi connectivity index (χ4v) is 7.83. The summed E-state index contributed by atoms with van der Waals surface area (Å²) in [5.41, 5.74) is 0.184. The van der Waals surface area contributed by atoms with Gasteiger partial charge >= 0.3 is 5.97 Å². The summed E-state index contributed by atoms with van der Waals surface area (Å²) in [5.74, 6) is 3.05. The highest BCUT2D eigenvalue weighted by atomic mass is 16.4. The van der Waals surface area contributed by atoms with Crippen molar-refractivity contribution in [2.75, 3.05) is 0 Å². The van der Waals surface area contributed by atoms with Crippen molar-refractivity contribution in [1.82, 2.24) is 0 Å². The van der Waals surface area contributed by atoms with E-state index in [1.807, 2.05) is 6.08 Å². The average molecular weight is 385 g/mol. The number of hydrogen-bond acceptors (Lipinski definition) is 3. The van der Waals surface area contributed by atoms with Gasteiger partial charge in [-0.3, -0.25) is 4.79 Å². The molecule has 2 N–H and O–H groups in total. The third-order valence-electron chi connectivity index (χ3n) is 9.34. The van der Waals surface area contributed by atoms with Gasteiger partial charge in [0.05, 0.1) is 5.60 Å². The average Bonchev–Trinajstić information content (AvgIpc) is 3.45. The molecule has 5 aliphatic carbocycles. The molecule has 5 rings (SSSR count). The first-order valence-corrected chi connectivity index (χ1v) is 11.2. The van der Waals surface area contributed by atoms with Gasteiger partial charge in [-0.25, -0.2) is 4.79 Å². The molecule has 4 fully saturated rings. The quantitative estimate of drug-likeness (QED) is 0.717. The fraction of sp³-hybridized carbons (Fsp3) is 0.750. The number of ketones is 1. The van der Waals surface area contributed by atoms with Gasteiger partial charge in [0.15, 0.2) is 5.78 Å². The lowest BCUT2D eigenvalue weighted by atomic mass is 9.47. The van der Waals surface area contributed by atoms with Crippen molar-refractivity contribution in [3.05, 3.63) is 23.8 Å². The zero-order valence-corrected chi connectivity index (χ0v) is 16.8. The lowest BCUT2D eigenvalue weighted by Gasteiger charge is -2.58. The minimum atomic E-state index is -1.01. The molecule has 5 aliphatic rings. The number of rotatable bonds is 3. The lowest BCUT2D eigenvalue weighted by molar-refractivity contribution is -0.132. The van der Waals surface area contributed by atoms with E-state index in [2.05, 4.69) is 6.92 Å². The number of carbonyl (C=O) groups excluding carboxylic acids is 1. The highest BCUT2D eigenvalue weighted by Gasteiger charge is 2.64. The SMILES string of the molecule is C[C@]12CC[C@H]3[C@@H]([C@H](C4CC4)CC4=CC(=O)CC[C@@H]43)[C@@H]1CC[C@@]2(O)/C=C\C(=O)O. The van der Waals surface area contributed by atoms with Gasteiger partial charge in [-0.15, -0.1) is 0 Å². The van der Waals surface area contributed by atoms with Crippen molar-refractivity contribution in [3.8, 4) is 0 Å². The summed E-state index contributed by atoms with van der Waals surface area (Å²) < 4.78 is 0. The Kier molecular flexibility index (Phi) is 4.18. The molecule has 0 bridgehead atoms. The Labute approximate surface area is 167 Å². The van der Waals surface area contributed by atoms with Crippen molar-refractivity contribution in [2.24, 2.45) is 40.9 Å². The van der Waals surface area contributed by atoms with Gasteiger partial charge in [0.2, 0.25) is 0 Å². The van der Waals surface area contributed by atoms with Crippen molar-refractivity contribution in [2.45, 2.75) is 70.3 Å². The smallest absolute Gasteiger partial charge is 0.328 e. The maximum absolute atomic E-state index is 12.1. The van der Waals surface area contributed by atoms with E-state index < -0.39 is 11.6 Å². The second kappa shape index (κ2) is 6.29. The topological polar surface area (TPSA) is 74.6 Å². The molecule has 7 atom stereocenters. The molecule has 0 spiro atoms. The first kappa shape index (κ1) is 18.6. The lowest BCUT2D eigenvalue weighted by Crippen LogP contribution is -2.54. The molecule has 0 aromatic rings. The summed E-state index contributed by atoms with van der Waals surface area (Å²) in [5, 5.41) is 20.6. The highest BCUT2D eigenvalue weighted by Crippen LogP contribution is 2.68. The van der Waals surface area contributed by atoms with Crippen molar-refractivity contribution < 1.29 is 19.8 Å². The Hall–Kier alpha value is -1.42. The Morgan fingerprint density at radius 2 is 1.93 bits per heavy atom. The number of aliphatic hydroxyl groups is 1. The van der Waals surface area contributed by atoms with E-state index >= 15 is 0 Å². The van der Waals surface area contributed by atoms with E-state index in [4.69, 9.17) is 5.11 Å². The van der Waals surface area contributed by atoms with Crippen LogP contribution in [0, 0.1) is 40.9 Å². The van der Waals surface area contributed by atoms with Gasteiger partial charge in [-0.2, -0.15) is 0 Å². The maximum atomic E-state index is 12.1. The summed E-state index contributed by atoms with van der Waals surface area (Å²) in [6.45, 7) is 2.22. The summed E-state index contributed by atoms with van der Waals surface area (Å²) in [7, 11) is 0. The number of fused-ring (bicyclic) bond motifs is 5. The molecule has 0 saturated heterocycles. The molecule has 0 heterocycles. The van der Waals surface area contributed by atoms with E-state index in [-0.39, 0.29) is 5.41 Å². The van der Waals surface area contributed by atoms with Crippen LogP contribution in [-0.4, -0.2) is 27.6 Å². The summed E-state index contributed by atoms with van der Waals surface area (Å²) in [6.07, 6.45) is 13.8. The van der Waals surface area contributed by atoms with E-state index in [1.165, 1.54) is 18.4 Å². The second-order valence-electron chi connectivity index (χ2n) is 10.5. The van der Waals surface area contributed by atoms with Gasteiger partial charge in [0.1, 0.15) is 0 Å². The largest absolute Gasteiger partial charge is 0.478 e. The second-order valence-corrected chi connectivity index (χ2v) is 10.5. The number of aliphatic carboxylic acids is 1. The van der Waals surface area contributed by atoms with Gasteiger partial charge in [-0.05, 0) is 99.0 Å². The van der Waals surface area contributed by atoms with Crippen LogP contribution < -0.4 is 0 Å². The molecule has 0 aromatic carbocycles. The van der Waals surface area contributed by atoms with E-state index in [0.717, 1.165) is 44.1 Å². The zero-order chi connectivity index (χ0) is 19.7. The molecule has 0 unspecified atom stereocenters. The number of hydrogen-bond donors (Lipinski definition) is 2. The Bertz CT molecular complexity index is 763. The standard InChI is InChI=1S/C24H32O4/c1-23-9-6-18-17-5-4-16(25)12-15(17)13-19(14-2-3-14)22(18)20(23)7-10-24(23,28)11-8-21(26)27/h8,11-12,14,17-20,22,28H,2-7,9-10,13H2,1H3,(H,26,27)/b11-8-/t17-,18+,19-,20-,22-,23-,24+/m0/s1. The predicted octanol–water partition coefficient (Wildman–Crippen LogP) is 4.14. The van der Waals surface area contributed by atoms with Crippen LogP contribution in [0.4, 0.5) is 0 Å². The normalized spacial score (nSPS) is 48.0. The third kappa shape index (κ3) is 2.67. The summed E-state index contributed by atoms with van der Waals surface area (Å²) in [4.78, 5) is 23.1. The van der Waals surface area contributed by atoms with Crippen molar-refractivity contribution >= 4 is 11.8 Å². The summed E-state index contributed by atoms with van der Waals surface area (Å²) in [6, 6.07) is 0.